The summed E-state index contributed by atoms with van der Waals surface area (Å²) in [5.41, 5.74) is 0. The quantitative estimate of drug-likeness (QED) is 0.289. The van der Waals surface area contributed by atoms with Crippen LogP contribution in [-0.4, -0.2) is 67.5 Å². The molecule has 1 rings (SSSR count). The molecule has 1 fully saturated rings. The van der Waals surface area contributed by atoms with Gasteiger partial charge in [-0.2, -0.15) is 0 Å². The number of phosphoric ester groups is 1. The third kappa shape index (κ3) is 3.20. The van der Waals surface area contributed by atoms with E-state index in [1.54, 1.807) is 0 Å². The minimum absolute atomic E-state index is 0.501. The van der Waals surface area contributed by atoms with Gasteiger partial charge in [0, 0.05) is 0 Å². The van der Waals surface area contributed by atoms with Gasteiger partial charge in [0.1, 0.15) is 24.9 Å². The van der Waals surface area contributed by atoms with E-state index in [0.717, 1.165) is 0 Å². The van der Waals surface area contributed by atoms with Crippen molar-refractivity contribution in [3.8, 4) is 0 Å². The Morgan fingerprint density at radius 1 is 1.38 bits per heavy atom. The molecule has 1 heterocycles. The molecular formula is C6H13O9P. The molecule has 10 heteroatoms. The Morgan fingerprint density at radius 2 is 1.94 bits per heavy atom. The van der Waals surface area contributed by atoms with Crippen molar-refractivity contribution in [2.75, 3.05) is 13.2 Å². The molecule has 4 atom stereocenters. The molecule has 0 bridgehead atoms. The van der Waals surface area contributed by atoms with Gasteiger partial charge in [0.15, 0.2) is 0 Å². The average Bonchev–Trinajstić information content (AvgIpc) is 2.18. The van der Waals surface area contributed by atoms with E-state index in [-0.39, 0.29) is 0 Å². The standard InChI is InChI=1S/C6H13O9P/c7-3-1-14-6(10,5(9)4(3)8)2-15-16(11,12)13/h3-5,7-10H,1-2H2,(H2,11,12,13)/t3-,4+,5-,6?/m0/s1. The zero-order valence-electron chi connectivity index (χ0n) is 8.00. The van der Waals surface area contributed by atoms with Crippen LogP contribution in [0.25, 0.3) is 0 Å². The lowest BCUT2D eigenvalue weighted by atomic mass is 9.98. The molecule has 6 N–H and O–H groups in total. The average molecular weight is 260 g/mol. The van der Waals surface area contributed by atoms with Crippen LogP contribution in [0.15, 0.2) is 0 Å². The fraction of sp³-hybridized carbons (Fsp3) is 1.00. The van der Waals surface area contributed by atoms with Crippen LogP contribution in [0.4, 0.5) is 0 Å². The summed E-state index contributed by atoms with van der Waals surface area (Å²) in [7, 11) is -4.83. The van der Waals surface area contributed by atoms with E-state index in [9.17, 15) is 19.9 Å². The molecule has 1 unspecified atom stereocenters. The highest BCUT2D eigenvalue weighted by Crippen LogP contribution is 2.38. The highest BCUT2D eigenvalue weighted by Gasteiger charge is 2.49. The molecule has 0 spiro atoms. The maximum atomic E-state index is 10.4. The first-order chi connectivity index (χ1) is 7.16. The normalized spacial score (nSPS) is 41.0. The minimum atomic E-state index is -4.83. The SMILES string of the molecule is O=P(O)(O)OCC1(O)OC[C@H](O)[C@@H](O)[C@@H]1O. The molecule has 0 aromatic heterocycles. The summed E-state index contributed by atoms with van der Waals surface area (Å²) in [6, 6.07) is 0. The maximum Gasteiger partial charge on any atom is 0.469 e. The zero-order valence-corrected chi connectivity index (χ0v) is 8.90. The van der Waals surface area contributed by atoms with Crippen molar-refractivity contribution in [1.29, 1.82) is 0 Å². The highest BCUT2D eigenvalue weighted by atomic mass is 31.2. The number of aliphatic hydroxyl groups excluding tert-OH is 3. The van der Waals surface area contributed by atoms with Gasteiger partial charge in [0.25, 0.3) is 0 Å². The summed E-state index contributed by atoms with van der Waals surface area (Å²) in [6.07, 6.45) is -5.03. The van der Waals surface area contributed by atoms with E-state index in [1.807, 2.05) is 0 Å². The number of aliphatic hydroxyl groups is 4. The monoisotopic (exact) mass is 260 g/mol. The van der Waals surface area contributed by atoms with Crippen LogP contribution in [0.5, 0.6) is 0 Å². The van der Waals surface area contributed by atoms with Gasteiger partial charge in [-0.05, 0) is 0 Å². The summed E-state index contributed by atoms with van der Waals surface area (Å²) in [5.74, 6) is -2.47. The van der Waals surface area contributed by atoms with E-state index < -0.39 is 45.1 Å². The summed E-state index contributed by atoms with van der Waals surface area (Å²) in [5, 5.41) is 37.2. The van der Waals surface area contributed by atoms with Crippen molar-refractivity contribution in [3.63, 3.8) is 0 Å². The van der Waals surface area contributed by atoms with E-state index >= 15 is 0 Å². The first kappa shape index (κ1) is 14.0. The van der Waals surface area contributed by atoms with E-state index in [0.29, 0.717) is 0 Å². The highest BCUT2D eigenvalue weighted by molar-refractivity contribution is 7.46. The second-order valence-electron chi connectivity index (χ2n) is 3.42. The van der Waals surface area contributed by atoms with Gasteiger partial charge in [-0.1, -0.05) is 0 Å². The number of rotatable bonds is 3. The number of ether oxygens (including phenoxy) is 1. The van der Waals surface area contributed by atoms with Crippen LogP contribution < -0.4 is 0 Å². The van der Waals surface area contributed by atoms with Crippen molar-refractivity contribution in [1.82, 2.24) is 0 Å². The topological polar surface area (TPSA) is 157 Å². The van der Waals surface area contributed by atoms with E-state index in [1.165, 1.54) is 0 Å². The molecule has 96 valence electrons. The first-order valence-electron chi connectivity index (χ1n) is 4.26. The number of hydrogen-bond acceptors (Lipinski definition) is 7. The van der Waals surface area contributed by atoms with Crippen LogP contribution in [0.3, 0.4) is 0 Å². The Kier molecular flexibility index (Phi) is 4.06. The predicted octanol–water partition coefficient (Wildman–Crippen LogP) is -3.10. The van der Waals surface area contributed by atoms with Crippen LogP contribution in [-0.2, 0) is 13.8 Å². The Labute approximate surface area is 90.1 Å². The molecule has 9 nitrogen and oxygen atoms in total. The van der Waals surface area contributed by atoms with Crippen molar-refractivity contribution in [3.05, 3.63) is 0 Å². The molecule has 16 heavy (non-hydrogen) atoms. The molecule has 0 aromatic rings. The van der Waals surface area contributed by atoms with Crippen LogP contribution >= 0.6 is 7.82 Å². The van der Waals surface area contributed by atoms with Crippen LogP contribution in [0, 0.1) is 0 Å². The van der Waals surface area contributed by atoms with Gasteiger partial charge in [0.05, 0.1) is 6.61 Å². The van der Waals surface area contributed by atoms with Gasteiger partial charge < -0.3 is 34.9 Å². The van der Waals surface area contributed by atoms with Crippen molar-refractivity contribution < 1.29 is 44.0 Å². The van der Waals surface area contributed by atoms with Crippen molar-refractivity contribution >= 4 is 7.82 Å². The van der Waals surface area contributed by atoms with Crippen molar-refractivity contribution in [2.45, 2.75) is 24.1 Å². The van der Waals surface area contributed by atoms with Crippen molar-refractivity contribution in [2.24, 2.45) is 0 Å². The molecular weight excluding hydrogens is 247 g/mol. The van der Waals surface area contributed by atoms with Gasteiger partial charge in [0.2, 0.25) is 5.79 Å². The molecule has 0 saturated carbocycles. The minimum Gasteiger partial charge on any atom is -0.388 e. The van der Waals surface area contributed by atoms with Crippen LogP contribution in [0.2, 0.25) is 0 Å². The molecule has 0 aliphatic carbocycles. The van der Waals surface area contributed by atoms with Gasteiger partial charge in [-0.25, -0.2) is 4.57 Å². The molecule has 0 amide bonds. The lowest BCUT2D eigenvalue weighted by Crippen LogP contribution is -2.62. The number of phosphoric acid groups is 1. The van der Waals surface area contributed by atoms with Gasteiger partial charge in [-0.15, -0.1) is 0 Å². The lowest BCUT2D eigenvalue weighted by Gasteiger charge is -2.41. The Morgan fingerprint density at radius 3 is 2.44 bits per heavy atom. The third-order valence-electron chi connectivity index (χ3n) is 2.12. The van der Waals surface area contributed by atoms with Gasteiger partial charge >= 0.3 is 7.82 Å². The summed E-state index contributed by atoms with van der Waals surface area (Å²) in [4.78, 5) is 16.8. The fourth-order valence-corrected chi connectivity index (χ4v) is 1.55. The second-order valence-corrected chi connectivity index (χ2v) is 4.66. The Balaban J connectivity index is 2.66. The Bertz CT molecular complexity index is 290. The molecule has 1 aliphatic rings. The third-order valence-corrected chi connectivity index (χ3v) is 2.59. The molecule has 1 aliphatic heterocycles. The smallest absolute Gasteiger partial charge is 0.388 e. The second kappa shape index (κ2) is 4.65. The fourth-order valence-electron chi connectivity index (χ4n) is 1.19. The van der Waals surface area contributed by atoms with Gasteiger partial charge in [-0.3, -0.25) is 4.52 Å². The summed E-state index contributed by atoms with van der Waals surface area (Å²) >= 11 is 0. The summed E-state index contributed by atoms with van der Waals surface area (Å²) in [6.45, 7) is -1.54. The molecule has 0 radical (unpaired) electrons. The number of hydrogen-bond donors (Lipinski definition) is 6. The Hall–Kier alpha value is -0.0900. The van der Waals surface area contributed by atoms with E-state index in [2.05, 4.69) is 9.26 Å². The maximum absolute atomic E-state index is 10.4. The van der Waals surface area contributed by atoms with E-state index in [4.69, 9.17) is 14.9 Å². The molecule has 0 aromatic carbocycles. The lowest BCUT2D eigenvalue weighted by molar-refractivity contribution is -0.329. The van der Waals surface area contributed by atoms with Crippen LogP contribution in [0.1, 0.15) is 0 Å². The first-order valence-corrected chi connectivity index (χ1v) is 5.79. The zero-order chi connectivity index (χ0) is 12.6. The summed E-state index contributed by atoms with van der Waals surface area (Å²) < 4.78 is 18.9. The predicted molar refractivity (Wildman–Crippen MR) is 46.9 cm³/mol. The largest absolute Gasteiger partial charge is 0.469 e. The molecule has 1 saturated heterocycles.